The number of nitrogens with one attached hydrogen (secondary N) is 1. The number of methoxy groups -OCH3 is 3. The molecule has 6 heteroatoms. The smallest absolute Gasteiger partial charge is 0.251 e. The van der Waals surface area contributed by atoms with E-state index in [0.717, 1.165) is 5.56 Å². The third-order valence-corrected chi connectivity index (χ3v) is 3.94. The Balaban J connectivity index is 2.10. The molecular weight excluding hydrogens is 330 g/mol. The van der Waals surface area contributed by atoms with E-state index in [1.54, 1.807) is 31.4 Å². The first-order valence-corrected chi connectivity index (χ1v) is 7.75. The van der Waals surface area contributed by atoms with Gasteiger partial charge in [-0.1, -0.05) is 29.8 Å². The van der Waals surface area contributed by atoms with Crippen molar-refractivity contribution < 1.29 is 19.0 Å². The lowest BCUT2D eigenvalue weighted by Crippen LogP contribution is -2.29. The predicted molar refractivity (Wildman–Crippen MR) is 93.1 cm³/mol. The lowest BCUT2D eigenvalue weighted by Gasteiger charge is -2.18. The highest BCUT2D eigenvalue weighted by Crippen LogP contribution is 2.25. The number of benzene rings is 2. The zero-order valence-corrected chi connectivity index (χ0v) is 14.6. The van der Waals surface area contributed by atoms with Gasteiger partial charge in [-0.05, 0) is 18.2 Å². The van der Waals surface area contributed by atoms with E-state index >= 15 is 0 Å². The van der Waals surface area contributed by atoms with Crippen LogP contribution in [0.5, 0.6) is 11.5 Å². The van der Waals surface area contributed by atoms with E-state index in [4.69, 9.17) is 25.8 Å². The first kappa shape index (κ1) is 18.1. The van der Waals surface area contributed by atoms with Crippen LogP contribution in [0, 0.1) is 0 Å². The molecule has 0 aliphatic carbocycles. The summed E-state index contributed by atoms with van der Waals surface area (Å²) in [5.41, 5.74) is 1.27. The summed E-state index contributed by atoms with van der Waals surface area (Å²) < 4.78 is 15.8. The van der Waals surface area contributed by atoms with Crippen molar-refractivity contribution in [3.05, 3.63) is 58.6 Å². The van der Waals surface area contributed by atoms with Gasteiger partial charge in [-0.15, -0.1) is 0 Å². The van der Waals surface area contributed by atoms with Crippen molar-refractivity contribution in [3.8, 4) is 11.5 Å². The molecule has 0 heterocycles. The highest BCUT2D eigenvalue weighted by molar-refractivity contribution is 6.31. The SMILES string of the molecule is COc1cc(OC)cc(C(=O)NCC(OC)c2ccccc2Cl)c1. The fourth-order valence-corrected chi connectivity index (χ4v) is 2.54. The Labute approximate surface area is 146 Å². The number of rotatable bonds is 7. The van der Waals surface area contributed by atoms with Crippen LogP contribution in [-0.2, 0) is 4.74 Å². The van der Waals surface area contributed by atoms with Crippen LogP contribution in [0.3, 0.4) is 0 Å². The van der Waals surface area contributed by atoms with Gasteiger partial charge in [0, 0.05) is 35.9 Å². The van der Waals surface area contributed by atoms with Crippen molar-refractivity contribution in [2.24, 2.45) is 0 Å². The van der Waals surface area contributed by atoms with Crippen LogP contribution in [0.15, 0.2) is 42.5 Å². The number of amides is 1. The third kappa shape index (κ3) is 4.40. The molecule has 5 nitrogen and oxygen atoms in total. The molecule has 0 aliphatic heterocycles. The Kier molecular flexibility index (Phi) is 6.46. The molecule has 1 N–H and O–H groups in total. The number of hydrogen-bond acceptors (Lipinski definition) is 4. The van der Waals surface area contributed by atoms with Gasteiger partial charge in [-0.2, -0.15) is 0 Å². The van der Waals surface area contributed by atoms with Gasteiger partial charge in [0.15, 0.2) is 0 Å². The lowest BCUT2D eigenvalue weighted by molar-refractivity contribution is 0.0827. The summed E-state index contributed by atoms with van der Waals surface area (Å²) in [7, 11) is 4.65. The van der Waals surface area contributed by atoms with E-state index in [2.05, 4.69) is 5.32 Å². The summed E-state index contributed by atoms with van der Waals surface area (Å²) >= 11 is 6.18. The molecule has 0 aliphatic rings. The maximum absolute atomic E-state index is 12.4. The summed E-state index contributed by atoms with van der Waals surface area (Å²) in [6.07, 6.45) is -0.338. The van der Waals surface area contributed by atoms with Crippen molar-refractivity contribution in [2.45, 2.75) is 6.10 Å². The molecule has 1 unspecified atom stereocenters. The summed E-state index contributed by atoms with van der Waals surface area (Å²) in [4.78, 5) is 12.4. The monoisotopic (exact) mass is 349 g/mol. The van der Waals surface area contributed by atoms with Crippen molar-refractivity contribution in [2.75, 3.05) is 27.9 Å². The molecule has 0 radical (unpaired) electrons. The molecule has 0 spiro atoms. The van der Waals surface area contributed by atoms with Gasteiger partial charge in [0.05, 0.1) is 14.2 Å². The van der Waals surface area contributed by atoms with E-state index in [-0.39, 0.29) is 12.0 Å². The van der Waals surface area contributed by atoms with Gasteiger partial charge in [0.25, 0.3) is 5.91 Å². The van der Waals surface area contributed by atoms with E-state index in [1.165, 1.54) is 14.2 Å². The average Bonchev–Trinajstić information content (AvgIpc) is 2.62. The van der Waals surface area contributed by atoms with E-state index in [1.807, 2.05) is 18.2 Å². The number of hydrogen-bond donors (Lipinski definition) is 1. The minimum Gasteiger partial charge on any atom is -0.497 e. The maximum atomic E-state index is 12.4. The Morgan fingerprint density at radius 1 is 1.08 bits per heavy atom. The van der Waals surface area contributed by atoms with Crippen LogP contribution in [0.2, 0.25) is 5.02 Å². The highest BCUT2D eigenvalue weighted by Gasteiger charge is 2.16. The quantitative estimate of drug-likeness (QED) is 0.831. The Morgan fingerprint density at radius 2 is 1.71 bits per heavy atom. The molecule has 0 fully saturated rings. The van der Waals surface area contributed by atoms with Gasteiger partial charge in [0.2, 0.25) is 0 Å². The zero-order chi connectivity index (χ0) is 17.5. The predicted octanol–water partition coefficient (Wildman–Crippen LogP) is 3.47. The van der Waals surface area contributed by atoms with Gasteiger partial charge in [0.1, 0.15) is 17.6 Å². The van der Waals surface area contributed by atoms with Crippen LogP contribution >= 0.6 is 11.6 Å². The van der Waals surface area contributed by atoms with Gasteiger partial charge < -0.3 is 19.5 Å². The summed E-state index contributed by atoms with van der Waals surface area (Å²) in [6, 6.07) is 12.4. The highest BCUT2D eigenvalue weighted by atomic mass is 35.5. The second kappa shape index (κ2) is 8.57. The number of carbonyl (C=O) groups is 1. The molecular formula is C18H20ClNO4. The third-order valence-electron chi connectivity index (χ3n) is 3.60. The van der Waals surface area contributed by atoms with E-state index < -0.39 is 0 Å². The van der Waals surface area contributed by atoms with Crippen molar-refractivity contribution in [1.82, 2.24) is 5.32 Å². The second-order valence-electron chi connectivity index (χ2n) is 5.06. The zero-order valence-electron chi connectivity index (χ0n) is 13.8. The van der Waals surface area contributed by atoms with E-state index in [0.29, 0.717) is 28.6 Å². The summed E-state index contributed by atoms with van der Waals surface area (Å²) in [5, 5.41) is 3.44. The maximum Gasteiger partial charge on any atom is 0.251 e. The fraction of sp³-hybridized carbons (Fsp3) is 0.278. The fourth-order valence-electron chi connectivity index (χ4n) is 2.28. The molecule has 128 valence electrons. The Bertz CT molecular complexity index is 683. The minimum atomic E-state index is -0.338. The van der Waals surface area contributed by atoms with Crippen LogP contribution in [0.1, 0.15) is 22.0 Å². The van der Waals surface area contributed by atoms with Crippen LogP contribution in [0.25, 0.3) is 0 Å². The largest absolute Gasteiger partial charge is 0.497 e. The molecule has 2 aromatic carbocycles. The molecule has 24 heavy (non-hydrogen) atoms. The first-order valence-electron chi connectivity index (χ1n) is 7.37. The molecule has 2 rings (SSSR count). The first-order chi connectivity index (χ1) is 11.6. The average molecular weight is 350 g/mol. The van der Waals surface area contributed by atoms with Crippen LogP contribution in [0.4, 0.5) is 0 Å². The Hall–Kier alpha value is -2.24. The number of halogens is 1. The molecule has 0 saturated heterocycles. The van der Waals surface area contributed by atoms with Crippen LogP contribution in [-0.4, -0.2) is 33.8 Å². The number of carbonyl (C=O) groups excluding carboxylic acids is 1. The minimum absolute atomic E-state index is 0.249. The van der Waals surface area contributed by atoms with Crippen molar-refractivity contribution in [3.63, 3.8) is 0 Å². The standard InChI is InChI=1S/C18H20ClNO4/c1-22-13-8-12(9-14(10-13)23-2)18(21)20-11-17(24-3)15-6-4-5-7-16(15)19/h4-10,17H,11H2,1-3H3,(H,20,21). The van der Waals surface area contributed by atoms with Crippen molar-refractivity contribution >= 4 is 17.5 Å². The number of ether oxygens (including phenoxy) is 3. The van der Waals surface area contributed by atoms with Crippen LogP contribution < -0.4 is 14.8 Å². The lowest BCUT2D eigenvalue weighted by atomic mass is 10.1. The molecule has 0 bridgehead atoms. The van der Waals surface area contributed by atoms with Gasteiger partial charge in [-0.25, -0.2) is 0 Å². The molecule has 2 aromatic rings. The second-order valence-corrected chi connectivity index (χ2v) is 5.46. The summed E-state index contributed by atoms with van der Waals surface area (Å²) in [6.45, 7) is 0.290. The molecule has 0 saturated carbocycles. The molecule has 0 aromatic heterocycles. The molecule has 1 atom stereocenters. The summed E-state index contributed by atoms with van der Waals surface area (Å²) in [5.74, 6) is 0.851. The topological polar surface area (TPSA) is 56.8 Å². The van der Waals surface area contributed by atoms with E-state index in [9.17, 15) is 4.79 Å². The van der Waals surface area contributed by atoms with Crippen molar-refractivity contribution in [1.29, 1.82) is 0 Å². The van der Waals surface area contributed by atoms with Gasteiger partial charge >= 0.3 is 0 Å². The Morgan fingerprint density at radius 3 is 2.25 bits per heavy atom. The van der Waals surface area contributed by atoms with Gasteiger partial charge in [-0.3, -0.25) is 4.79 Å². The normalized spacial score (nSPS) is 11.7. The molecule has 1 amide bonds.